The molecule has 1 N–H and O–H groups in total. The van der Waals surface area contributed by atoms with E-state index >= 15 is 0 Å². The molecule has 0 amide bonds. The Morgan fingerprint density at radius 3 is 2.69 bits per heavy atom. The van der Waals surface area contributed by atoms with Crippen molar-refractivity contribution in [1.29, 1.82) is 0 Å². The predicted molar refractivity (Wildman–Crippen MR) is 66.0 cm³/mol. The average Bonchev–Trinajstić information content (AvgIpc) is 2.61. The zero-order chi connectivity index (χ0) is 11.5. The maximum absolute atomic E-state index is 6.13. The molecule has 1 aromatic rings. The number of halogens is 1. The summed E-state index contributed by atoms with van der Waals surface area (Å²) in [5.74, 6) is 2.24. The summed E-state index contributed by atoms with van der Waals surface area (Å²) in [6, 6.07) is 1.96. The molecule has 4 heteroatoms. The second-order valence-electron chi connectivity index (χ2n) is 4.61. The monoisotopic (exact) mass is 242 g/mol. The van der Waals surface area contributed by atoms with E-state index in [2.05, 4.69) is 24.1 Å². The molecule has 1 aromatic heterocycles. The Balaban J connectivity index is 2.01. The van der Waals surface area contributed by atoms with Crippen molar-refractivity contribution in [2.75, 3.05) is 26.2 Å². The molecule has 3 nitrogen and oxygen atoms in total. The first-order chi connectivity index (χ1) is 7.66. The van der Waals surface area contributed by atoms with Gasteiger partial charge >= 0.3 is 0 Å². The molecule has 0 atom stereocenters. The van der Waals surface area contributed by atoms with E-state index in [9.17, 15) is 0 Å². The van der Waals surface area contributed by atoms with Crippen molar-refractivity contribution in [3.8, 4) is 0 Å². The number of nitrogens with one attached hydrogen (secondary N) is 1. The van der Waals surface area contributed by atoms with Crippen LogP contribution in [0.4, 0.5) is 0 Å². The summed E-state index contributed by atoms with van der Waals surface area (Å²) in [6.07, 6.45) is 0. The number of hydrogen-bond acceptors (Lipinski definition) is 3. The van der Waals surface area contributed by atoms with E-state index in [1.54, 1.807) is 0 Å². The van der Waals surface area contributed by atoms with Gasteiger partial charge in [-0.25, -0.2) is 0 Å². The van der Waals surface area contributed by atoms with E-state index < -0.39 is 0 Å². The molecule has 0 bridgehead atoms. The van der Waals surface area contributed by atoms with Crippen molar-refractivity contribution in [2.24, 2.45) is 0 Å². The van der Waals surface area contributed by atoms with Gasteiger partial charge in [0, 0.05) is 32.1 Å². The van der Waals surface area contributed by atoms with E-state index in [4.69, 9.17) is 16.0 Å². The highest BCUT2D eigenvalue weighted by atomic mass is 35.5. The van der Waals surface area contributed by atoms with Crippen LogP contribution in [0.2, 0.25) is 5.02 Å². The summed E-state index contributed by atoms with van der Waals surface area (Å²) in [4.78, 5) is 2.38. The molecule has 1 saturated heterocycles. The summed E-state index contributed by atoms with van der Waals surface area (Å²) in [6.45, 7) is 9.34. The topological polar surface area (TPSA) is 28.4 Å². The second-order valence-corrected chi connectivity index (χ2v) is 5.01. The molecule has 0 radical (unpaired) electrons. The average molecular weight is 243 g/mol. The largest absolute Gasteiger partial charge is 0.463 e. The second kappa shape index (κ2) is 5.21. The van der Waals surface area contributed by atoms with Gasteiger partial charge in [0.2, 0.25) is 0 Å². The zero-order valence-electron chi connectivity index (χ0n) is 9.92. The number of furan rings is 1. The van der Waals surface area contributed by atoms with Crippen LogP contribution < -0.4 is 5.32 Å². The molecule has 90 valence electrons. The standard InChI is InChI=1S/C12H19ClN2O/c1-9(2)12-11(13)7-10(16-12)8-15-5-3-14-4-6-15/h7,9,14H,3-6,8H2,1-2H3. The van der Waals surface area contributed by atoms with Gasteiger partial charge in [-0.05, 0) is 6.07 Å². The summed E-state index contributed by atoms with van der Waals surface area (Å²) < 4.78 is 5.78. The maximum atomic E-state index is 6.13. The van der Waals surface area contributed by atoms with Crippen LogP contribution in [0.15, 0.2) is 10.5 Å². The van der Waals surface area contributed by atoms with E-state index in [-0.39, 0.29) is 0 Å². The molecule has 0 unspecified atom stereocenters. The number of rotatable bonds is 3. The van der Waals surface area contributed by atoms with E-state index in [0.29, 0.717) is 5.92 Å². The molecule has 0 aliphatic carbocycles. The molecule has 0 saturated carbocycles. The molecule has 0 aromatic carbocycles. The first kappa shape index (κ1) is 12.0. The van der Waals surface area contributed by atoms with Crippen LogP contribution in [0.5, 0.6) is 0 Å². The molecule has 2 rings (SSSR count). The van der Waals surface area contributed by atoms with Crippen molar-refractivity contribution in [1.82, 2.24) is 10.2 Å². The summed E-state index contributed by atoms with van der Waals surface area (Å²) in [7, 11) is 0. The third kappa shape index (κ3) is 2.78. The van der Waals surface area contributed by atoms with E-state index in [1.807, 2.05) is 6.07 Å². The molecule has 1 aliphatic heterocycles. The quantitative estimate of drug-likeness (QED) is 0.883. The Kier molecular flexibility index (Phi) is 3.90. The van der Waals surface area contributed by atoms with Crippen LogP contribution in [0.3, 0.4) is 0 Å². The van der Waals surface area contributed by atoms with Crippen LogP contribution in [0.25, 0.3) is 0 Å². The third-order valence-electron chi connectivity index (χ3n) is 2.88. The van der Waals surface area contributed by atoms with Crippen molar-refractivity contribution < 1.29 is 4.42 Å². The molecule has 1 aliphatic rings. The minimum Gasteiger partial charge on any atom is -0.463 e. The van der Waals surface area contributed by atoms with E-state index in [0.717, 1.165) is 49.3 Å². The lowest BCUT2D eigenvalue weighted by Crippen LogP contribution is -2.42. The highest BCUT2D eigenvalue weighted by Crippen LogP contribution is 2.28. The van der Waals surface area contributed by atoms with Gasteiger partial charge in [-0.3, -0.25) is 4.90 Å². The van der Waals surface area contributed by atoms with Crippen molar-refractivity contribution >= 4 is 11.6 Å². The van der Waals surface area contributed by atoms with Gasteiger partial charge in [0.05, 0.1) is 11.6 Å². The minimum atomic E-state index is 0.351. The first-order valence-electron chi connectivity index (χ1n) is 5.88. The minimum absolute atomic E-state index is 0.351. The lowest BCUT2D eigenvalue weighted by atomic mass is 10.2. The molecule has 1 fully saturated rings. The SMILES string of the molecule is CC(C)c1oc(CN2CCNCC2)cc1Cl. The summed E-state index contributed by atoms with van der Waals surface area (Å²) in [5.41, 5.74) is 0. The fraction of sp³-hybridized carbons (Fsp3) is 0.667. The maximum Gasteiger partial charge on any atom is 0.125 e. The highest BCUT2D eigenvalue weighted by Gasteiger charge is 2.16. The molecule has 0 spiro atoms. The van der Waals surface area contributed by atoms with Crippen LogP contribution in [-0.4, -0.2) is 31.1 Å². The van der Waals surface area contributed by atoms with Crippen LogP contribution >= 0.6 is 11.6 Å². The van der Waals surface area contributed by atoms with E-state index in [1.165, 1.54) is 0 Å². The Bertz CT molecular complexity index is 343. The molecular formula is C12H19ClN2O. The van der Waals surface area contributed by atoms with Crippen molar-refractivity contribution in [3.05, 3.63) is 22.6 Å². The van der Waals surface area contributed by atoms with Gasteiger partial charge in [0.15, 0.2) is 0 Å². The Hall–Kier alpha value is -0.510. The Labute approximate surface area is 102 Å². The van der Waals surface area contributed by atoms with Crippen molar-refractivity contribution in [3.63, 3.8) is 0 Å². The van der Waals surface area contributed by atoms with Gasteiger partial charge in [-0.15, -0.1) is 0 Å². The fourth-order valence-corrected chi connectivity index (χ4v) is 2.37. The van der Waals surface area contributed by atoms with Gasteiger partial charge in [-0.1, -0.05) is 25.4 Å². The normalized spacial score (nSPS) is 18.2. The number of hydrogen-bond donors (Lipinski definition) is 1. The highest BCUT2D eigenvalue weighted by molar-refractivity contribution is 6.31. The van der Waals surface area contributed by atoms with Crippen LogP contribution in [0, 0.1) is 0 Å². The van der Waals surface area contributed by atoms with Crippen LogP contribution in [-0.2, 0) is 6.54 Å². The fourth-order valence-electron chi connectivity index (χ4n) is 1.99. The number of nitrogens with zero attached hydrogens (tertiary/aromatic N) is 1. The summed E-state index contributed by atoms with van der Waals surface area (Å²) in [5, 5.41) is 4.10. The van der Waals surface area contributed by atoms with Gasteiger partial charge in [0.1, 0.15) is 11.5 Å². The smallest absolute Gasteiger partial charge is 0.125 e. The Morgan fingerprint density at radius 1 is 1.44 bits per heavy atom. The van der Waals surface area contributed by atoms with Crippen molar-refractivity contribution in [2.45, 2.75) is 26.3 Å². The zero-order valence-corrected chi connectivity index (χ0v) is 10.7. The summed E-state index contributed by atoms with van der Waals surface area (Å²) >= 11 is 6.13. The van der Waals surface area contributed by atoms with Gasteiger partial charge in [-0.2, -0.15) is 0 Å². The van der Waals surface area contributed by atoms with Gasteiger partial charge < -0.3 is 9.73 Å². The lowest BCUT2D eigenvalue weighted by molar-refractivity contribution is 0.214. The van der Waals surface area contributed by atoms with Gasteiger partial charge in [0.25, 0.3) is 0 Å². The number of piperazine rings is 1. The lowest BCUT2D eigenvalue weighted by Gasteiger charge is -2.26. The molecular weight excluding hydrogens is 224 g/mol. The third-order valence-corrected chi connectivity index (χ3v) is 3.17. The first-order valence-corrected chi connectivity index (χ1v) is 6.26. The Morgan fingerprint density at radius 2 is 2.12 bits per heavy atom. The molecule has 16 heavy (non-hydrogen) atoms. The molecule has 2 heterocycles. The van der Waals surface area contributed by atoms with Crippen LogP contribution in [0.1, 0.15) is 31.3 Å². The predicted octanol–water partition coefficient (Wildman–Crippen LogP) is 2.46.